The van der Waals surface area contributed by atoms with E-state index >= 15 is 0 Å². The predicted molar refractivity (Wildman–Crippen MR) is 102 cm³/mol. The lowest BCUT2D eigenvalue weighted by Crippen LogP contribution is -2.29. The fourth-order valence-corrected chi connectivity index (χ4v) is 3.20. The molecule has 0 spiro atoms. The Bertz CT molecular complexity index is 1020. The van der Waals surface area contributed by atoms with Crippen LogP contribution >= 0.6 is 11.3 Å². The maximum atomic E-state index is 13.0. The maximum Gasteiger partial charge on any atom is 0.281 e. The zero-order valence-electron chi connectivity index (χ0n) is 14.4. The van der Waals surface area contributed by atoms with Crippen molar-refractivity contribution in [3.63, 3.8) is 0 Å². The van der Waals surface area contributed by atoms with Gasteiger partial charge in [-0.05, 0) is 42.0 Å². The number of aliphatic carboxylic acids is 1. The molecule has 0 atom stereocenters. The zero-order chi connectivity index (χ0) is 19.9. The molecular formula is C20H14FN2O4S-. The summed E-state index contributed by atoms with van der Waals surface area (Å²) in [5.74, 6) is -1.76. The van der Waals surface area contributed by atoms with Gasteiger partial charge in [0, 0.05) is 10.4 Å². The second-order valence-corrected chi connectivity index (χ2v) is 6.65. The molecule has 0 saturated carbocycles. The third kappa shape index (κ3) is 5.01. The minimum atomic E-state index is -1.34. The van der Waals surface area contributed by atoms with Crippen LogP contribution < -0.4 is 15.3 Å². The van der Waals surface area contributed by atoms with Crippen LogP contribution in [0.4, 0.5) is 4.39 Å². The number of benzene rings is 2. The quantitative estimate of drug-likeness (QED) is 0.490. The molecule has 2 aromatic carbocycles. The molecule has 0 aliphatic carbocycles. The summed E-state index contributed by atoms with van der Waals surface area (Å²) in [6.07, 6.45) is 1.36. The number of carboxylic acid groups (broad SMARTS) is 1. The third-order valence-corrected chi connectivity index (χ3v) is 4.73. The number of nitrogens with one attached hydrogen (secondary N) is 1. The number of carbonyl (C=O) groups excluding carboxylic acids is 2. The number of ether oxygens (including phenoxy) is 1. The lowest BCUT2D eigenvalue weighted by molar-refractivity contribution is -0.307. The number of carboxylic acids is 1. The van der Waals surface area contributed by atoms with Crippen molar-refractivity contribution in [2.75, 3.05) is 6.61 Å². The van der Waals surface area contributed by atoms with Crippen LogP contribution in [0.2, 0.25) is 0 Å². The first-order valence-corrected chi connectivity index (χ1v) is 8.95. The molecule has 1 amide bonds. The molecule has 0 fully saturated rings. The second kappa shape index (κ2) is 8.92. The van der Waals surface area contributed by atoms with E-state index in [1.54, 1.807) is 48.5 Å². The first-order valence-electron chi connectivity index (χ1n) is 8.14. The van der Waals surface area contributed by atoms with Gasteiger partial charge in [0.1, 0.15) is 18.2 Å². The van der Waals surface area contributed by atoms with Gasteiger partial charge in [-0.1, -0.05) is 24.3 Å². The third-order valence-electron chi connectivity index (χ3n) is 3.59. The fourth-order valence-electron chi connectivity index (χ4n) is 2.30. The van der Waals surface area contributed by atoms with E-state index in [0.717, 1.165) is 10.4 Å². The summed E-state index contributed by atoms with van der Waals surface area (Å²) in [6.45, 7) is -0.585. The number of carbonyl (C=O) groups is 2. The number of rotatable bonds is 7. The summed E-state index contributed by atoms with van der Waals surface area (Å²) in [4.78, 5) is 24.0. The van der Waals surface area contributed by atoms with Crippen molar-refractivity contribution in [1.29, 1.82) is 0 Å². The number of hydrazone groups is 1. The van der Waals surface area contributed by atoms with Crippen LogP contribution in [-0.4, -0.2) is 24.7 Å². The predicted octanol–water partition coefficient (Wildman–Crippen LogP) is 2.45. The van der Waals surface area contributed by atoms with Crippen LogP contribution in [0.15, 0.2) is 65.8 Å². The van der Waals surface area contributed by atoms with Crippen LogP contribution in [0.25, 0.3) is 10.4 Å². The van der Waals surface area contributed by atoms with E-state index in [1.165, 1.54) is 29.7 Å². The van der Waals surface area contributed by atoms with Crippen molar-refractivity contribution in [2.24, 2.45) is 5.10 Å². The Hall–Kier alpha value is -3.52. The topological polar surface area (TPSA) is 90.8 Å². The van der Waals surface area contributed by atoms with E-state index in [0.29, 0.717) is 16.2 Å². The second-order valence-electron chi connectivity index (χ2n) is 5.57. The van der Waals surface area contributed by atoms with Gasteiger partial charge in [-0.2, -0.15) is 5.10 Å². The van der Waals surface area contributed by atoms with Gasteiger partial charge in [0.15, 0.2) is 0 Å². The highest BCUT2D eigenvalue weighted by Crippen LogP contribution is 2.28. The molecule has 0 radical (unpaired) electrons. The number of amides is 1. The number of hydrogen-bond acceptors (Lipinski definition) is 6. The summed E-state index contributed by atoms with van der Waals surface area (Å²) < 4.78 is 18.1. The van der Waals surface area contributed by atoms with Gasteiger partial charge in [-0.15, -0.1) is 11.3 Å². The normalized spacial score (nSPS) is 10.8. The van der Waals surface area contributed by atoms with Gasteiger partial charge >= 0.3 is 0 Å². The Kier molecular flexibility index (Phi) is 6.13. The zero-order valence-corrected chi connectivity index (χ0v) is 15.2. The molecule has 3 rings (SSSR count). The van der Waals surface area contributed by atoms with E-state index < -0.39 is 18.5 Å². The van der Waals surface area contributed by atoms with Gasteiger partial charge in [-0.3, -0.25) is 4.79 Å². The summed E-state index contributed by atoms with van der Waals surface area (Å²) in [6, 6.07) is 16.1. The van der Waals surface area contributed by atoms with Crippen LogP contribution in [0, 0.1) is 5.82 Å². The molecule has 6 nitrogen and oxygen atoms in total. The van der Waals surface area contributed by atoms with Crippen LogP contribution in [0.1, 0.15) is 15.2 Å². The number of hydrogen-bond donors (Lipinski definition) is 1. The fraction of sp³-hybridized carbons (Fsp3) is 0.0500. The molecule has 0 bridgehead atoms. The monoisotopic (exact) mass is 397 g/mol. The standard InChI is InChI=1S/C20H15FN2O4S/c21-15-7-5-13(6-8-15)17-9-10-18(28-17)20(26)23-22-11-14-3-1-2-4-16(14)27-12-19(24)25/h1-11H,12H2,(H,23,26)(H,24,25)/p-1/b22-11-. The molecule has 0 saturated heterocycles. The molecule has 0 unspecified atom stereocenters. The molecule has 0 aliphatic heterocycles. The highest BCUT2D eigenvalue weighted by Gasteiger charge is 2.10. The van der Waals surface area contributed by atoms with Gasteiger partial charge in [0.25, 0.3) is 5.91 Å². The minimum absolute atomic E-state index is 0.305. The summed E-state index contributed by atoms with van der Waals surface area (Å²) >= 11 is 1.26. The molecule has 0 aliphatic rings. The van der Waals surface area contributed by atoms with Crippen molar-refractivity contribution < 1.29 is 23.8 Å². The molecule has 1 heterocycles. The molecule has 1 N–H and O–H groups in total. The summed E-state index contributed by atoms with van der Waals surface area (Å²) in [7, 11) is 0. The van der Waals surface area contributed by atoms with Crippen molar-refractivity contribution >= 4 is 29.4 Å². The van der Waals surface area contributed by atoms with E-state index in [4.69, 9.17) is 4.74 Å². The van der Waals surface area contributed by atoms with Crippen molar-refractivity contribution in [2.45, 2.75) is 0 Å². The average Bonchev–Trinajstić information content (AvgIpc) is 3.18. The first-order chi connectivity index (χ1) is 13.5. The highest BCUT2D eigenvalue weighted by molar-refractivity contribution is 7.17. The van der Waals surface area contributed by atoms with Crippen molar-refractivity contribution in [1.82, 2.24) is 5.43 Å². The number of halogens is 1. The van der Waals surface area contributed by atoms with Gasteiger partial charge < -0.3 is 14.6 Å². The van der Waals surface area contributed by atoms with Crippen LogP contribution in [-0.2, 0) is 4.79 Å². The van der Waals surface area contributed by atoms with Gasteiger partial charge in [0.05, 0.1) is 17.1 Å². The van der Waals surface area contributed by atoms with E-state index in [1.807, 2.05) is 0 Å². The minimum Gasteiger partial charge on any atom is -0.546 e. The van der Waals surface area contributed by atoms with Crippen molar-refractivity contribution in [3.05, 3.63) is 76.9 Å². The first kappa shape index (κ1) is 19.2. The summed E-state index contributed by atoms with van der Waals surface area (Å²) in [5.41, 5.74) is 3.73. The highest BCUT2D eigenvalue weighted by atomic mass is 32.1. The van der Waals surface area contributed by atoms with Crippen LogP contribution in [0.3, 0.4) is 0 Å². The molecule has 28 heavy (non-hydrogen) atoms. The average molecular weight is 397 g/mol. The largest absolute Gasteiger partial charge is 0.546 e. The van der Waals surface area contributed by atoms with E-state index in [9.17, 15) is 19.1 Å². The van der Waals surface area contributed by atoms with Crippen molar-refractivity contribution in [3.8, 4) is 16.2 Å². The van der Waals surface area contributed by atoms with Crippen LogP contribution in [0.5, 0.6) is 5.75 Å². The Labute approximate surface area is 163 Å². The molecule has 8 heteroatoms. The molecule has 142 valence electrons. The van der Waals surface area contributed by atoms with E-state index in [-0.39, 0.29) is 5.82 Å². The van der Waals surface area contributed by atoms with Gasteiger partial charge in [-0.25, -0.2) is 9.82 Å². The Morgan fingerprint density at radius 2 is 1.86 bits per heavy atom. The lowest BCUT2D eigenvalue weighted by Gasteiger charge is -2.08. The Morgan fingerprint density at radius 1 is 1.11 bits per heavy atom. The van der Waals surface area contributed by atoms with E-state index in [2.05, 4.69) is 10.5 Å². The molecule has 3 aromatic rings. The lowest BCUT2D eigenvalue weighted by atomic mass is 10.2. The SMILES string of the molecule is O=C([O-])COc1ccccc1/C=N\NC(=O)c1ccc(-c2ccc(F)cc2)s1. The summed E-state index contributed by atoms with van der Waals surface area (Å²) in [5, 5.41) is 14.4. The van der Waals surface area contributed by atoms with Gasteiger partial charge in [0.2, 0.25) is 0 Å². The Balaban J connectivity index is 1.65. The Morgan fingerprint density at radius 3 is 2.61 bits per heavy atom. The number of thiophene rings is 1. The maximum absolute atomic E-state index is 13.0. The molecule has 1 aromatic heterocycles. The number of nitrogens with zero attached hydrogens (tertiary/aromatic N) is 1. The number of para-hydroxylation sites is 1. The smallest absolute Gasteiger partial charge is 0.281 e. The molecular weight excluding hydrogens is 383 g/mol.